The highest BCUT2D eigenvalue weighted by molar-refractivity contribution is 5.25. The third-order valence-corrected chi connectivity index (χ3v) is 3.00. The highest BCUT2D eigenvalue weighted by Gasteiger charge is 2.13. The fourth-order valence-corrected chi connectivity index (χ4v) is 1.60. The van der Waals surface area contributed by atoms with Crippen LogP contribution in [-0.4, -0.2) is 24.4 Å². The third-order valence-electron chi connectivity index (χ3n) is 3.00. The van der Waals surface area contributed by atoms with E-state index in [1.54, 1.807) is 7.11 Å². The Kier molecular flexibility index (Phi) is 4.97. The molecule has 16 heavy (non-hydrogen) atoms. The molecule has 1 aromatic rings. The highest BCUT2D eigenvalue weighted by Crippen LogP contribution is 2.16. The van der Waals surface area contributed by atoms with Crippen molar-refractivity contribution in [2.45, 2.75) is 45.3 Å². The second kappa shape index (κ2) is 6.02. The van der Waals surface area contributed by atoms with Gasteiger partial charge in [-0.2, -0.15) is 0 Å². The van der Waals surface area contributed by atoms with Crippen molar-refractivity contribution in [3.8, 4) is 0 Å². The van der Waals surface area contributed by atoms with E-state index in [0.717, 1.165) is 5.56 Å². The van der Waals surface area contributed by atoms with Gasteiger partial charge in [-0.1, -0.05) is 38.1 Å². The van der Waals surface area contributed by atoms with E-state index >= 15 is 0 Å². The lowest BCUT2D eigenvalue weighted by Crippen LogP contribution is -2.26. The summed E-state index contributed by atoms with van der Waals surface area (Å²) >= 11 is 0. The predicted octanol–water partition coefficient (Wildman–Crippen LogP) is 2.75. The maximum absolute atomic E-state index is 9.82. The smallest absolute Gasteiger partial charge is 0.0839 e. The molecule has 2 unspecified atom stereocenters. The number of ether oxygens (including phenoxy) is 1. The molecule has 2 heteroatoms. The van der Waals surface area contributed by atoms with Crippen molar-refractivity contribution in [2.24, 2.45) is 0 Å². The van der Waals surface area contributed by atoms with E-state index in [4.69, 9.17) is 4.74 Å². The van der Waals surface area contributed by atoms with Crippen molar-refractivity contribution < 1.29 is 9.84 Å². The molecule has 0 bridgehead atoms. The first kappa shape index (κ1) is 13.2. The van der Waals surface area contributed by atoms with E-state index < -0.39 is 6.10 Å². The fourth-order valence-electron chi connectivity index (χ4n) is 1.60. The maximum atomic E-state index is 9.82. The van der Waals surface area contributed by atoms with Crippen LogP contribution in [0.15, 0.2) is 24.3 Å². The minimum Gasteiger partial charge on any atom is -0.390 e. The van der Waals surface area contributed by atoms with Crippen LogP contribution in [0.2, 0.25) is 0 Å². The molecule has 90 valence electrons. The Hall–Kier alpha value is -0.860. The lowest BCUT2D eigenvalue weighted by Gasteiger charge is -2.17. The van der Waals surface area contributed by atoms with Gasteiger partial charge in [-0.3, -0.25) is 0 Å². The first-order valence-corrected chi connectivity index (χ1v) is 5.84. The quantitative estimate of drug-likeness (QED) is 0.830. The van der Waals surface area contributed by atoms with Crippen LogP contribution in [0.4, 0.5) is 0 Å². The summed E-state index contributed by atoms with van der Waals surface area (Å²) in [5, 5.41) is 9.82. The van der Waals surface area contributed by atoms with E-state index in [1.807, 2.05) is 6.92 Å². The first-order chi connectivity index (χ1) is 7.54. The third kappa shape index (κ3) is 3.62. The lowest BCUT2D eigenvalue weighted by molar-refractivity contribution is 0.000406. The van der Waals surface area contributed by atoms with Gasteiger partial charge in [0.05, 0.1) is 12.2 Å². The van der Waals surface area contributed by atoms with Crippen LogP contribution in [0.25, 0.3) is 0 Å². The second-order valence-corrected chi connectivity index (χ2v) is 4.61. The van der Waals surface area contributed by atoms with E-state index in [1.165, 1.54) is 5.56 Å². The zero-order valence-electron chi connectivity index (χ0n) is 10.6. The summed E-state index contributed by atoms with van der Waals surface area (Å²) in [5.41, 5.74) is 2.49. The van der Waals surface area contributed by atoms with Gasteiger partial charge in [-0.15, -0.1) is 0 Å². The molecule has 2 atom stereocenters. The molecule has 0 saturated carbocycles. The average Bonchev–Trinajstić information content (AvgIpc) is 2.28. The summed E-state index contributed by atoms with van der Waals surface area (Å²) in [6, 6.07) is 8.43. The second-order valence-electron chi connectivity index (χ2n) is 4.61. The number of aliphatic hydroxyl groups excluding tert-OH is 1. The molecular formula is C14H22O2. The monoisotopic (exact) mass is 222 g/mol. The summed E-state index contributed by atoms with van der Waals surface area (Å²) in [7, 11) is 1.62. The lowest BCUT2D eigenvalue weighted by atomic mass is 9.99. The van der Waals surface area contributed by atoms with Crippen molar-refractivity contribution in [3.05, 3.63) is 35.4 Å². The molecule has 0 heterocycles. The zero-order chi connectivity index (χ0) is 12.1. The molecular weight excluding hydrogens is 200 g/mol. The Morgan fingerprint density at radius 1 is 1.12 bits per heavy atom. The van der Waals surface area contributed by atoms with Crippen molar-refractivity contribution >= 4 is 0 Å². The van der Waals surface area contributed by atoms with E-state index in [2.05, 4.69) is 38.1 Å². The molecule has 0 radical (unpaired) electrons. The van der Waals surface area contributed by atoms with Crippen molar-refractivity contribution in [1.29, 1.82) is 0 Å². The summed E-state index contributed by atoms with van der Waals surface area (Å²) in [6.45, 7) is 6.24. The molecule has 1 N–H and O–H groups in total. The molecule has 0 fully saturated rings. The van der Waals surface area contributed by atoms with Gasteiger partial charge in [0.2, 0.25) is 0 Å². The van der Waals surface area contributed by atoms with Gasteiger partial charge in [-0.05, 0) is 24.0 Å². The van der Waals surface area contributed by atoms with Gasteiger partial charge in [0.1, 0.15) is 0 Å². The van der Waals surface area contributed by atoms with Crippen molar-refractivity contribution in [1.82, 2.24) is 0 Å². The minimum absolute atomic E-state index is 0.121. The number of hydrogen-bond acceptors (Lipinski definition) is 2. The molecule has 0 amide bonds. The standard InChI is InChI=1S/C14H22O2/c1-10(2)13-7-5-12(6-8-13)9-14(15)11(3)16-4/h5-8,10-11,14-15H,9H2,1-4H3. The Balaban J connectivity index is 2.61. The van der Waals surface area contributed by atoms with Crippen molar-refractivity contribution in [3.63, 3.8) is 0 Å². The molecule has 2 nitrogen and oxygen atoms in total. The van der Waals surface area contributed by atoms with E-state index in [9.17, 15) is 5.11 Å². The Labute approximate surface area is 98.3 Å². The van der Waals surface area contributed by atoms with Crippen LogP contribution in [-0.2, 0) is 11.2 Å². The molecule has 0 aliphatic carbocycles. The van der Waals surface area contributed by atoms with E-state index in [0.29, 0.717) is 12.3 Å². The minimum atomic E-state index is -0.435. The van der Waals surface area contributed by atoms with Gasteiger partial charge in [-0.25, -0.2) is 0 Å². The van der Waals surface area contributed by atoms with Gasteiger partial charge >= 0.3 is 0 Å². The summed E-state index contributed by atoms with van der Waals surface area (Å²) in [6.07, 6.45) is 0.0904. The Bertz CT molecular complexity index is 303. The summed E-state index contributed by atoms with van der Waals surface area (Å²) in [4.78, 5) is 0. The van der Waals surface area contributed by atoms with Gasteiger partial charge in [0.25, 0.3) is 0 Å². The largest absolute Gasteiger partial charge is 0.390 e. The predicted molar refractivity (Wildman–Crippen MR) is 66.7 cm³/mol. The molecule has 0 spiro atoms. The number of rotatable bonds is 5. The van der Waals surface area contributed by atoms with E-state index in [-0.39, 0.29) is 6.10 Å². The highest BCUT2D eigenvalue weighted by atomic mass is 16.5. The normalized spacial score (nSPS) is 15.1. The number of aliphatic hydroxyl groups is 1. The van der Waals surface area contributed by atoms with Gasteiger partial charge in [0.15, 0.2) is 0 Å². The molecule has 0 saturated heterocycles. The van der Waals surface area contributed by atoms with Crippen LogP contribution in [0.1, 0.15) is 37.8 Å². The fraction of sp³-hybridized carbons (Fsp3) is 0.571. The first-order valence-electron chi connectivity index (χ1n) is 5.84. The van der Waals surface area contributed by atoms with Gasteiger partial charge < -0.3 is 9.84 Å². The molecule has 0 aliphatic rings. The SMILES string of the molecule is COC(C)C(O)Cc1ccc(C(C)C)cc1. The number of hydrogen-bond donors (Lipinski definition) is 1. The summed E-state index contributed by atoms with van der Waals surface area (Å²) in [5.74, 6) is 0.553. The number of benzene rings is 1. The zero-order valence-corrected chi connectivity index (χ0v) is 10.6. The van der Waals surface area contributed by atoms with Gasteiger partial charge in [0, 0.05) is 13.5 Å². The molecule has 1 aromatic carbocycles. The molecule has 1 rings (SSSR count). The van der Waals surface area contributed by atoms with Crippen LogP contribution >= 0.6 is 0 Å². The Morgan fingerprint density at radius 2 is 1.69 bits per heavy atom. The topological polar surface area (TPSA) is 29.5 Å². The molecule has 0 aromatic heterocycles. The van der Waals surface area contributed by atoms with Crippen LogP contribution < -0.4 is 0 Å². The summed E-state index contributed by atoms with van der Waals surface area (Å²) < 4.78 is 5.10. The number of methoxy groups -OCH3 is 1. The Morgan fingerprint density at radius 3 is 2.12 bits per heavy atom. The van der Waals surface area contributed by atoms with Crippen LogP contribution in [0, 0.1) is 0 Å². The van der Waals surface area contributed by atoms with Crippen LogP contribution in [0.3, 0.4) is 0 Å². The van der Waals surface area contributed by atoms with Crippen molar-refractivity contribution in [2.75, 3.05) is 7.11 Å². The average molecular weight is 222 g/mol. The van der Waals surface area contributed by atoms with Crippen LogP contribution in [0.5, 0.6) is 0 Å². The molecule has 0 aliphatic heterocycles. The maximum Gasteiger partial charge on any atom is 0.0839 e.